The zero-order valence-corrected chi connectivity index (χ0v) is 16.4. The van der Waals surface area contributed by atoms with E-state index in [0.717, 1.165) is 10.4 Å². The molecule has 134 valence electrons. The van der Waals surface area contributed by atoms with E-state index in [4.69, 9.17) is 27.9 Å². The molecule has 0 saturated heterocycles. The largest absolute Gasteiger partial charge is 0.496 e. The topological polar surface area (TPSA) is 56.5 Å². The van der Waals surface area contributed by atoms with Crippen molar-refractivity contribution in [2.75, 3.05) is 7.11 Å². The summed E-state index contributed by atoms with van der Waals surface area (Å²) < 4.78 is 7.14. The van der Waals surface area contributed by atoms with Crippen LogP contribution in [0, 0.1) is 6.92 Å². The third-order valence-electron chi connectivity index (χ3n) is 3.57. The predicted octanol–water partition coefficient (Wildman–Crippen LogP) is 4.36. The number of aromatic nitrogens is 2. The molecule has 0 N–H and O–H groups in total. The molecule has 0 aliphatic heterocycles. The zero-order chi connectivity index (χ0) is 18.7. The number of thiazole rings is 1. The first-order valence-electron chi connectivity index (χ1n) is 7.66. The molecule has 0 unspecified atom stereocenters. The highest BCUT2D eigenvalue weighted by molar-refractivity contribution is 7.09. The summed E-state index contributed by atoms with van der Waals surface area (Å²) in [4.78, 5) is 22.6. The molecule has 26 heavy (non-hydrogen) atoms. The lowest BCUT2D eigenvalue weighted by Gasteiger charge is -2.06. The number of amides is 1. The smallest absolute Gasteiger partial charge is 0.283 e. The van der Waals surface area contributed by atoms with Gasteiger partial charge in [0.25, 0.3) is 5.91 Å². The van der Waals surface area contributed by atoms with Crippen molar-refractivity contribution in [3.63, 3.8) is 0 Å². The van der Waals surface area contributed by atoms with Crippen LogP contribution in [0.5, 0.6) is 5.75 Å². The van der Waals surface area contributed by atoms with Gasteiger partial charge < -0.3 is 9.30 Å². The lowest BCUT2D eigenvalue weighted by molar-refractivity contribution is 0.0995. The maximum absolute atomic E-state index is 12.7. The van der Waals surface area contributed by atoms with Gasteiger partial charge in [0.15, 0.2) is 4.80 Å². The Bertz CT molecular complexity index is 1010. The van der Waals surface area contributed by atoms with Crippen LogP contribution >= 0.6 is 34.5 Å². The number of pyridine rings is 1. The molecule has 1 aromatic carbocycles. The van der Waals surface area contributed by atoms with E-state index in [2.05, 4.69) is 9.98 Å². The molecule has 0 fully saturated rings. The lowest BCUT2D eigenvalue weighted by atomic mass is 10.2. The van der Waals surface area contributed by atoms with E-state index in [1.807, 2.05) is 23.8 Å². The van der Waals surface area contributed by atoms with Crippen LogP contribution in [0.15, 0.2) is 47.7 Å². The highest BCUT2D eigenvalue weighted by Gasteiger charge is 2.13. The molecule has 3 rings (SSSR count). The number of ether oxygens (including phenoxy) is 1. The van der Waals surface area contributed by atoms with Crippen LogP contribution < -0.4 is 9.54 Å². The van der Waals surface area contributed by atoms with Gasteiger partial charge in [0, 0.05) is 22.3 Å². The van der Waals surface area contributed by atoms with E-state index in [1.165, 1.54) is 18.4 Å². The van der Waals surface area contributed by atoms with Crippen LogP contribution in [0.25, 0.3) is 0 Å². The Kier molecular flexibility index (Phi) is 5.76. The quantitative estimate of drug-likeness (QED) is 0.603. The minimum atomic E-state index is -0.408. The predicted molar refractivity (Wildman–Crippen MR) is 103 cm³/mol. The van der Waals surface area contributed by atoms with Gasteiger partial charge in [0.2, 0.25) is 0 Å². The van der Waals surface area contributed by atoms with Crippen molar-refractivity contribution in [2.24, 2.45) is 4.99 Å². The standard InChI is InChI=1S/C18H15Cl2N3O2S/c1-11-9-23(10-12-3-6-16(20)21-8-12)18(26-11)22-17(24)14-7-13(19)4-5-15(14)25-2/h3-9H,10H2,1-2H3. The number of carbonyl (C=O) groups excluding carboxylic acids is 1. The molecular formula is C18H15Cl2N3O2S. The second-order valence-corrected chi connectivity index (χ2v) is 7.54. The van der Waals surface area contributed by atoms with Crippen molar-refractivity contribution >= 4 is 40.4 Å². The average Bonchev–Trinajstić information content (AvgIpc) is 2.95. The fraction of sp³-hybridized carbons (Fsp3) is 0.167. The van der Waals surface area contributed by atoms with Crippen molar-refractivity contribution in [3.05, 3.63) is 73.7 Å². The molecule has 0 bridgehead atoms. The summed E-state index contributed by atoms with van der Waals surface area (Å²) in [7, 11) is 1.50. The van der Waals surface area contributed by atoms with Crippen LogP contribution in [-0.4, -0.2) is 22.6 Å². The summed E-state index contributed by atoms with van der Waals surface area (Å²) in [6.45, 7) is 2.50. The Hall–Kier alpha value is -2.15. The molecule has 8 heteroatoms. The molecule has 0 aliphatic carbocycles. The number of benzene rings is 1. The number of carbonyl (C=O) groups is 1. The molecule has 0 atom stereocenters. The fourth-order valence-corrected chi connectivity index (χ4v) is 3.51. The first-order valence-corrected chi connectivity index (χ1v) is 9.23. The molecule has 0 saturated carbocycles. The summed E-state index contributed by atoms with van der Waals surface area (Å²) >= 11 is 13.3. The molecule has 2 heterocycles. The van der Waals surface area contributed by atoms with Crippen LogP contribution in [0.3, 0.4) is 0 Å². The summed E-state index contributed by atoms with van der Waals surface area (Å²) in [5.41, 5.74) is 1.28. The molecule has 1 amide bonds. The highest BCUT2D eigenvalue weighted by Crippen LogP contribution is 2.23. The highest BCUT2D eigenvalue weighted by atomic mass is 35.5. The normalized spacial score (nSPS) is 11.6. The molecule has 3 aromatic rings. The molecule has 0 radical (unpaired) electrons. The number of methoxy groups -OCH3 is 1. The zero-order valence-electron chi connectivity index (χ0n) is 14.1. The molecule has 0 aliphatic rings. The maximum atomic E-state index is 12.7. The average molecular weight is 408 g/mol. The van der Waals surface area contributed by atoms with Gasteiger partial charge in [-0.25, -0.2) is 4.98 Å². The van der Waals surface area contributed by atoms with E-state index >= 15 is 0 Å². The van der Waals surface area contributed by atoms with Crippen molar-refractivity contribution in [1.82, 2.24) is 9.55 Å². The summed E-state index contributed by atoms with van der Waals surface area (Å²) in [5, 5.41) is 0.889. The van der Waals surface area contributed by atoms with Crippen molar-refractivity contribution in [1.29, 1.82) is 0 Å². The van der Waals surface area contributed by atoms with E-state index < -0.39 is 5.91 Å². The third kappa shape index (κ3) is 4.33. The van der Waals surface area contributed by atoms with Crippen LogP contribution in [0.2, 0.25) is 10.2 Å². The summed E-state index contributed by atoms with van der Waals surface area (Å²) in [6, 6.07) is 8.49. The number of nitrogens with zero attached hydrogens (tertiary/aromatic N) is 3. The van der Waals surface area contributed by atoms with Gasteiger partial charge in [0.1, 0.15) is 10.9 Å². The van der Waals surface area contributed by atoms with Crippen LogP contribution in [0.4, 0.5) is 0 Å². The van der Waals surface area contributed by atoms with Crippen LogP contribution in [0.1, 0.15) is 20.8 Å². The van der Waals surface area contributed by atoms with Crippen molar-refractivity contribution in [3.8, 4) is 5.75 Å². The fourth-order valence-electron chi connectivity index (χ4n) is 2.40. The van der Waals surface area contributed by atoms with Crippen LogP contribution in [-0.2, 0) is 6.54 Å². The van der Waals surface area contributed by atoms with E-state index in [-0.39, 0.29) is 0 Å². The minimum absolute atomic E-state index is 0.325. The van der Waals surface area contributed by atoms with Gasteiger partial charge >= 0.3 is 0 Å². The Morgan fingerprint density at radius 3 is 2.81 bits per heavy atom. The first kappa shape index (κ1) is 18.6. The van der Waals surface area contributed by atoms with Gasteiger partial charge in [-0.1, -0.05) is 29.3 Å². The van der Waals surface area contributed by atoms with Crippen molar-refractivity contribution in [2.45, 2.75) is 13.5 Å². The third-order valence-corrected chi connectivity index (χ3v) is 4.96. The van der Waals surface area contributed by atoms with Gasteiger partial charge in [-0.15, -0.1) is 11.3 Å². The van der Waals surface area contributed by atoms with Crippen molar-refractivity contribution < 1.29 is 9.53 Å². The van der Waals surface area contributed by atoms with Gasteiger partial charge in [0.05, 0.1) is 19.2 Å². The van der Waals surface area contributed by atoms with E-state index in [0.29, 0.717) is 32.8 Å². The Morgan fingerprint density at radius 1 is 1.31 bits per heavy atom. The molecule has 0 spiro atoms. The number of rotatable bonds is 4. The number of hydrogen-bond donors (Lipinski definition) is 0. The SMILES string of the molecule is COc1ccc(Cl)cc1C(=O)N=c1sc(C)cn1Cc1ccc(Cl)nc1. The van der Waals surface area contributed by atoms with Gasteiger partial charge in [-0.2, -0.15) is 4.99 Å². The number of hydrogen-bond acceptors (Lipinski definition) is 4. The summed E-state index contributed by atoms with van der Waals surface area (Å²) in [6.07, 6.45) is 3.65. The molecule has 2 aromatic heterocycles. The number of halogens is 2. The van der Waals surface area contributed by atoms with E-state index in [1.54, 1.807) is 30.5 Å². The molecular weight excluding hydrogens is 393 g/mol. The number of aryl methyl sites for hydroxylation is 1. The van der Waals surface area contributed by atoms with E-state index in [9.17, 15) is 4.79 Å². The lowest BCUT2D eigenvalue weighted by Crippen LogP contribution is -2.17. The maximum Gasteiger partial charge on any atom is 0.283 e. The molecule has 5 nitrogen and oxygen atoms in total. The van der Waals surface area contributed by atoms with Gasteiger partial charge in [-0.05, 0) is 36.8 Å². The Morgan fingerprint density at radius 2 is 2.12 bits per heavy atom. The second-order valence-electron chi connectivity index (χ2n) is 5.50. The minimum Gasteiger partial charge on any atom is -0.496 e. The Labute approximate surface area is 164 Å². The van der Waals surface area contributed by atoms with Gasteiger partial charge in [-0.3, -0.25) is 4.79 Å². The summed E-state index contributed by atoms with van der Waals surface area (Å²) in [5.74, 6) is 0.0269. The first-order chi connectivity index (χ1) is 12.5. The monoisotopic (exact) mass is 407 g/mol. The second kappa shape index (κ2) is 8.03. The Balaban J connectivity index is 1.97.